The molecule has 59 heavy (non-hydrogen) atoms. The van der Waals surface area contributed by atoms with Crippen molar-refractivity contribution in [1.29, 1.82) is 0 Å². The van der Waals surface area contributed by atoms with E-state index >= 15 is 0 Å². The van der Waals surface area contributed by atoms with Crippen LogP contribution in [0.25, 0.3) is 54.6 Å². The van der Waals surface area contributed by atoms with Gasteiger partial charge in [-0.3, -0.25) is 6.08 Å². The van der Waals surface area contributed by atoms with E-state index in [2.05, 4.69) is 199 Å². The molecule has 296 valence electrons. The molecule has 0 bridgehead atoms. The van der Waals surface area contributed by atoms with Crippen molar-refractivity contribution >= 4 is 47.1 Å². The fourth-order valence-electron chi connectivity index (χ4n) is 7.62. The third-order valence-electron chi connectivity index (χ3n) is 10.5. The summed E-state index contributed by atoms with van der Waals surface area (Å²) in [6, 6.07) is 56.8. The zero-order chi connectivity index (χ0) is 40.2. The molecule has 0 saturated carbocycles. The van der Waals surface area contributed by atoms with Crippen molar-refractivity contribution in [2.75, 3.05) is 0 Å². The summed E-state index contributed by atoms with van der Waals surface area (Å²) in [4.78, 5) is 0. The number of hydrogen-bond acceptors (Lipinski definition) is 0. The van der Waals surface area contributed by atoms with Crippen LogP contribution in [0.5, 0.6) is 0 Å². The zero-order valence-electron chi connectivity index (χ0n) is 34.6. The van der Waals surface area contributed by atoms with Gasteiger partial charge in [0.15, 0.2) is 0 Å². The molecule has 0 amide bonds. The van der Waals surface area contributed by atoms with E-state index < -0.39 is 0 Å². The molecule has 0 unspecified atom stereocenters. The Morgan fingerprint density at radius 3 is 1.53 bits per heavy atom. The molecule has 8 aromatic carbocycles. The molecule has 9 rings (SSSR count). The van der Waals surface area contributed by atoms with Crippen LogP contribution in [-0.2, 0) is 35.1 Å². The molecule has 0 fully saturated rings. The molecule has 1 aliphatic rings. The summed E-state index contributed by atoms with van der Waals surface area (Å²) in [6.07, 6.45) is 10.0. The van der Waals surface area contributed by atoms with Gasteiger partial charge in [-0.05, 0) is 44.2 Å². The van der Waals surface area contributed by atoms with Crippen LogP contribution in [0.3, 0.4) is 0 Å². The standard InChI is InChI=1S/C33H33.C17H11Cl.C5H5.2ClH.Zr/c1-32(2,3)30-20-26-24(18-28(30)22-13-9-7-10-14-22)17-25-19-29(23-15-11-8-12-16-23)31(21-27(25)26)33(4,5)6;18-16-10-8-13(9-11-16)12-15-6-3-5-14-4-1-2-7-17(14)15;1-2-4-5-3-1;;;/h7-21H,1-6H3;1-11H;1-3H,4H2;2*1H;/q-1;;-1;;;+2/p-2. The van der Waals surface area contributed by atoms with E-state index in [9.17, 15) is 0 Å². The maximum atomic E-state index is 5.96. The van der Waals surface area contributed by atoms with Gasteiger partial charge in [0.2, 0.25) is 0 Å². The molecule has 8 aromatic rings. The van der Waals surface area contributed by atoms with Gasteiger partial charge < -0.3 is 24.8 Å². The Bertz CT molecular complexity index is 2600. The summed E-state index contributed by atoms with van der Waals surface area (Å²) in [7, 11) is 0. The van der Waals surface area contributed by atoms with E-state index in [0.29, 0.717) is 0 Å². The summed E-state index contributed by atoms with van der Waals surface area (Å²) in [5.41, 5.74) is 10.7. The molecule has 0 heterocycles. The van der Waals surface area contributed by atoms with E-state index in [1.165, 1.54) is 104 Å². The van der Waals surface area contributed by atoms with Crippen LogP contribution in [0.1, 0.15) is 70.2 Å². The molecule has 0 spiro atoms. The predicted octanol–water partition coefficient (Wildman–Crippen LogP) is 9.56. The Balaban J connectivity index is 0.000000214. The average molecular weight is 908 g/mol. The van der Waals surface area contributed by atoms with Crippen molar-refractivity contribution in [2.45, 2.75) is 58.8 Å². The number of hydrogen-bond donors (Lipinski definition) is 0. The molecule has 0 radical (unpaired) electrons. The van der Waals surface area contributed by atoms with E-state index in [1.807, 2.05) is 24.3 Å². The average Bonchev–Trinajstić information content (AvgIpc) is 3.92. The minimum Gasteiger partial charge on any atom is -1.00 e. The summed E-state index contributed by atoms with van der Waals surface area (Å²) in [5.74, 6) is 0. The first-order valence-corrected chi connectivity index (χ1v) is 21.4. The Morgan fingerprint density at radius 1 is 0.576 bits per heavy atom. The number of halogens is 3. The third-order valence-corrected chi connectivity index (χ3v) is 12.2. The fourth-order valence-corrected chi connectivity index (χ4v) is 8.69. The number of allylic oxidation sites excluding steroid dienone is 4. The minimum atomic E-state index is 0. The van der Waals surface area contributed by atoms with E-state index in [-0.39, 0.29) is 35.6 Å². The number of rotatable bonds is 4. The second kappa shape index (κ2) is 19.9. The van der Waals surface area contributed by atoms with Gasteiger partial charge in [-0.1, -0.05) is 114 Å². The molecule has 4 heteroatoms. The number of fused-ring (bicyclic) bond motifs is 4. The topological polar surface area (TPSA) is 0 Å². The normalized spacial score (nSPS) is 11.9. The second-order valence-corrected chi connectivity index (χ2v) is 18.4. The van der Waals surface area contributed by atoms with E-state index in [0.717, 1.165) is 11.4 Å². The van der Waals surface area contributed by atoms with Crippen LogP contribution in [0.2, 0.25) is 5.02 Å². The molecule has 1 aliphatic carbocycles. The molecule has 0 N–H and O–H groups in total. The minimum absolute atomic E-state index is 0. The maximum absolute atomic E-state index is 5.96. The largest absolute Gasteiger partial charge is 1.00 e. The Morgan fingerprint density at radius 2 is 1.07 bits per heavy atom. The van der Waals surface area contributed by atoms with Gasteiger partial charge in [0, 0.05) is 0 Å². The molecule has 0 saturated heterocycles. The molecule has 0 aliphatic heterocycles. The Kier molecular flexibility index (Phi) is 15.5. The van der Waals surface area contributed by atoms with Gasteiger partial charge in [-0.15, -0.1) is 46.2 Å². The van der Waals surface area contributed by atoms with Crippen LogP contribution in [-0.4, -0.2) is 3.21 Å². The maximum Gasteiger partial charge on any atom is -0.109 e. The fraction of sp³-hybridized carbons (Fsp3) is 0.164. The summed E-state index contributed by atoms with van der Waals surface area (Å²) >= 11 is 7.37. The van der Waals surface area contributed by atoms with Gasteiger partial charge >= 0.3 is 133 Å². The first kappa shape index (κ1) is 45.9. The molecular formula is C55H49Cl3Zr-2. The molecular weight excluding hydrogens is 858 g/mol. The van der Waals surface area contributed by atoms with E-state index in [1.54, 1.807) is 0 Å². The van der Waals surface area contributed by atoms with E-state index in [4.69, 9.17) is 11.6 Å². The van der Waals surface area contributed by atoms with Crippen LogP contribution in [0.4, 0.5) is 0 Å². The summed E-state index contributed by atoms with van der Waals surface area (Å²) in [5, 5.41) is 8.74. The van der Waals surface area contributed by atoms with Crippen molar-refractivity contribution in [3.8, 4) is 22.3 Å². The van der Waals surface area contributed by atoms with Gasteiger partial charge in [0.05, 0.1) is 0 Å². The van der Waals surface area contributed by atoms with Crippen LogP contribution < -0.4 is 24.8 Å². The van der Waals surface area contributed by atoms with Gasteiger partial charge in [0.25, 0.3) is 0 Å². The second-order valence-electron chi connectivity index (χ2n) is 16.8. The zero-order valence-corrected chi connectivity index (χ0v) is 39.3. The van der Waals surface area contributed by atoms with Crippen molar-refractivity contribution < 1.29 is 49.0 Å². The SMILES string of the molecule is CC(C)(C)c1cc2c(cc1-c1ccccc1)[cH-]c1cc(-c3ccccc3)c(C(C)(C)C)cc12.Clc1ccc([C](=[Zr+2])c2cccc3ccccc23)cc1.[C-]1=CC=CC1.[Cl-].[Cl-]. The van der Waals surface area contributed by atoms with Crippen LogP contribution in [0.15, 0.2) is 176 Å². The van der Waals surface area contributed by atoms with Gasteiger partial charge in [-0.25, -0.2) is 12.2 Å². The summed E-state index contributed by atoms with van der Waals surface area (Å²) < 4.78 is 1.36. The first-order chi connectivity index (χ1) is 27.4. The van der Waals surface area contributed by atoms with Crippen molar-refractivity contribution in [2.24, 2.45) is 0 Å². The van der Waals surface area contributed by atoms with Crippen molar-refractivity contribution in [1.82, 2.24) is 0 Å². The molecule has 0 aromatic heterocycles. The monoisotopic (exact) mass is 904 g/mol. The van der Waals surface area contributed by atoms with Crippen molar-refractivity contribution in [3.63, 3.8) is 0 Å². The first-order valence-electron chi connectivity index (χ1n) is 19.8. The van der Waals surface area contributed by atoms with Crippen LogP contribution in [0, 0.1) is 6.08 Å². The molecule has 0 atom stereocenters. The van der Waals surface area contributed by atoms with Gasteiger partial charge in [0.1, 0.15) is 0 Å². The summed E-state index contributed by atoms with van der Waals surface area (Å²) in [6.45, 7) is 13.9. The smallest absolute Gasteiger partial charge is 0.109 e. The quantitative estimate of drug-likeness (QED) is 0.155. The predicted molar refractivity (Wildman–Crippen MR) is 245 cm³/mol. The third kappa shape index (κ3) is 10.8. The Hall–Kier alpha value is -4.23. The van der Waals surface area contributed by atoms with Crippen molar-refractivity contribution in [3.05, 3.63) is 209 Å². The Labute approximate surface area is 383 Å². The molecule has 0 nitrogen and oxygen atoms in total. The van der Waals surface area contributed by atoms with Gasteiger partial charge in [-0.2, -0.15) is 6.08 Å². The number of benzene rings is 7. The van der Waals surface area contributed by atoms with Crippen LogP contribution >= 0.6 is 11.6 Å².